The van der Waals surface area contributed by atoms with Crippen LogP contribution >= 0.6 is 0 Å². The first-order chi connectivity index (χ1) is 10.7. The van der Waals surface area contributed by atoms with Crippen molar-refractivity contribution < 1.29 is 22.6 Å². The van der Waals surface area contributed by atoms with Crippen LogP contribution in [0.1, 0.15) is 24.5 Å². The molecule has 1 aliphatic rings. The van der Waals surface area contributed by atoms with E-state index in [0.29, 0.717) is 11.3 Å². The molecule has 0 amide bonds. The molecule has 0 aliphatic carbocycles. The predicted molar refractivity (Wildman–Crippen MR) is 82.5 cm³/mol. The van der Waals surface area contributed by atoms with Gasteiger partial charge in [-0.3, -0.25) is 0 Å². The SMILES string of the molecule is CCN(C)C=Nc1cc(OC)c(C2(C(F)(F)F)CCO2)cc1C. The van der Waals surface area contributed by atoms with E-state index >= 15 is 0 Å². The maximum absolute atomic E-state index is 13.5. The number of alkyl halides is 3. The average Bonchev–Trinajstić information content (AvgIpc) is 2.43. The van der Waals surface area contributed by atoms with Crippen LogP contribution in [-0.4, -0.2) is 44.7 Å². The van der Waals surface area contributed by atoms with Gasteiger partial charge in [0.05, 0.1) is 25.7 Å². The summed E-state index contributed by atoms with van der Waals surface area (Å²) < 4.78 is 50.6. The fourth-order valence-corrected chi connectivity index (χ4v) is 2.44. The van der Waals surface area contributed by atoms with Gasteiger partial charge < -0.3 is 14.4 Å². The minimum absolute atomic E-state index is 0.0130. The van der Waals surface area contributed by atoms with Crippen molar-refractivity contribution in [3.8, 4) is 5.75 Å². The summed E-state index contributed by atoms with van der Waals surface area (Å²) >= 11 is 0. The van der Waals surface area contributed by atoms with Crippen LogP contribution in [0.15, 0.2) is 17.1 Å². The molecule has 128 valence electrons. The molecule has 2 rings (SSSR count). The number of methoxy groups -OCH3 is 1. The number of rotatable bonds is 5. The van der Waals surface area contributed by atoms with E-state index in [1.807, 2.05) is 18.9 Å². The highest BCUT2D eigenvalue weighted by Crippen LogP contribution is 2.53. The molecule has 23 heavy (non-hydrogen) atoms. The molecule has 1 aliphatic heterocycles. The Labute approximate surface area is 133 Å². The lowest BCUT2D eigenvalue weighted by molar-refractivity contribution is -0.333. The van der Waals surface area contributed by atoms with Crippen molar-refractivity contribution in [3.63, 3.8) is 0 Å². The van der Waals surface area contributed by atoms with Gasteiger partial charge in [0.2, 0.25) is 0 Å². The molecule has 1 atom stereocenters. The van der Waals surface area contributed by atoms with Gasteiger partial charge >= 0.3 is 6.18 Å². The van der Waals surface area contributed by atoms with Crippen LogP contribution in [0.25, 0.3) is 0 Å². The topological polar surface area (TPSA) is 34.1 Å². The molecule has 0 spiro atoms. The molecule has 1 heterocycles. The molecule has 1 fully saturated rings. The van der Waals surface area contributed by atoms with Crippen molar-refractivity contribution in [2.75, 3.05) is 27.3 Å². The van der Waals surface area contributed by atoms with Crippen molar-refractivity contribution in [1.29, 1.82) is 0 Å². The summed E-state index contributed by atoms with van der Waals surface area (Å²) in [7, 11) is 3.22. The number of hydrogen-bond donors (Lipinski definition) is 0. The van der Waals surface area contributed by atoms with Gasteiger partial charge in [0, 0.05) is 31.6 Å². The quantitative estimate of drug-likeness (QED) is 0.608. The number of benzene rings is 1. The summed E-state index contributed by atoms with van der Waals surface area (Å²) in [6, 6.07) is 2.99. The Balaban J connectivity index is 2.47. The number of ether oxygens (including phenoxy) is 2. The minimum Gasteiger partial charge on any atom is -0.496 e. The largest absolute Gasteiger partial charge is 0.496 e. The zero-order valence-corrected chi connectivity index (χ0v) is 13.7. The van der Waals surface area contributed by atoms with Crippen molar-refractivity contribution in [2.45, 2.75) is 32.0 Å². The van der Waals surface area contributed by atoms with Gasteiger partial charge in [-0.05, 0) is 25.5 Å². The van der Waals surface area contributed by atoms with Crippen LogP contribution in [0.4, 0.5) is 18.9 Å². The van der Waals surface area contributed by atoms with Crippen molar-refractivity contribution >= 4 is 12.0 Å². The Morgan fingerprint density at radius 2 is 2.09 bits per heavy atom. The maximum Gasteiger partial charge on any atom is 0.421 e. The number of nitrogens with zero attached hydrogens (tertiary/aromatic N) is 2. The van der Waals surface area contributed by atoms with Crippen LogP contribution < -0.4 is 4.74 Å². The lowest BCUT2D eigenvalue weighted by Gasteiger charge is -2.43. The van der Waals surface area contributed by atoms with Crippen molar-refractivity contribution in [3.05, 3.63) is 23.3 Å². The van der Waals surface area contributed by atoms with E-state index in [9.17, 15) is 13.2 Å². The van der Waals surface area contributed by atoms with Crippen molar-refractivity contribution in [1.82, 2.24) is 4.90 Å². The first-order valence-electron chi connectivity index (χ1n) is 7.39. The molecular formula is C16H21F3N2O2. The fourth-order valence-electron chi connectivity index (χ4n) is 2.44. The lowest BCUT2D eigenvalue weighted by Crippen LogP contribution is -2.52. The van der Waals surface area contributed by atoms with E-state index in [0.717, 1.165) is 6.54 Å². The molecule has 0 bridgehead atoms. The van der Waals surface area contributed by atoms with Crippen molar-refractivity contribution in [2.24, 2.45) is 4.99 Å². The van der Waals surface area contributed by atoms with Crippen LogP contribution in [0.3, 0.4) is 0 Å². The van der Waals surface area contributed by atoms with Crippen LogP contribution in [-0.2, 0) is 10.3 Å². The standard InChI is InChI=1S/C16H21F3N2O2/c1-5-21(3)10-20-13-9-14(22-4)12(8-11(13)2)15(6-7-23-15)16(17,18)19/h8-10H,5-7H2,1-4H3. The normalized spacial score (nSPS) is 21.3. The second kappa shape index (κ2) is 6.39. The third-order valence-corrected chi connectivity index (χ3v) is 4.11. The van der Waals surface area contributed by atoms with Crippen LogP contribution in [0.2, 0.25) is 0 Å². The Hall–Kier alpha value is -1.76. The summed E-state index contributed by atoms with van der Waals surface area (Å²) in [6.07, 6.45) is -2.95. The van der Waals surface area contributed by atoms with Crippen LogP contribution in [0.5, 0.6) is 5.75 Å². The third-order valence-electron chi connectivity index (χ3n) is 4.11. The Kier molecular flexibility index (Phi) is 4.89. The Morgan fingerprint density at radius 3 is 2.52 bits per heavy atom. The van der Waals surface area contributed by atoms with Gasteiger partial charge in [0.25, 0.3) is 0 Å². The number of aliphatic imine (C=N–C) groups is 1. The van der Waals surface area contributed by atoms with E-state index in [1.165, 1.54) is 19.2 Å². The molecule has 1 aromatic rings. The molecule has 4 nitrogen and oxygen atoms in total. The van der Waals surface area contributed by atoms with Gasteiger partial charge in [-0.2, -0.15) is 13.2 Å². The predicted octanol–water partition coefficient (Wildman–Crippen LogP) is 3.79. The lowest BCUT2D eigenvalue weighted by atomic mass is 9.84. The molecule has 0 saturated carbocycles. The van der Waals surface area contributed by atoms with Gasteiger partial charge in [-0.25, -0.2) is 4.99 Å². The van der Waals surface area contributed by atoms with E-state index in [-0.39, 0.29) is 24.3 Å². The minimum atomic E-state index is -4.49. The second-order valence-corrected chi connectivity index (χ2v) is 5.58. The van der Waals surface area contributed by atoms with Gasteiger partial charge in [0.15, 0.2) is 5.60 Å². The van der Waals surface area contributed by atoms with E-state index in [2.05, 4.69) is 4.99 Å². The zero-order valence-electron chi connectivity index (χ0n) is 13.7. The van der Waals surface area contributed by atoms with E-state index < -0.39 is 11.8 Å². The average molecular weight is 330 g/mol. The fraction of sp³-hybridized carbons (Fsp3) is 0.562. The molecule has 1 unspecified atom stereocenters. The highest BCUT2D eigenvalue weighted by atomic mass is 19.4. The van der Waals surface area contributed by atoms with Gasteiger partial charge in [-0.1, -0.05) is 0 Å². The molecule has 0 radical (unpaired) electrons. The molecular weight excluding hydrogens is 309 g/mol. The molecule has 7 heteroatoms. The summed E-state index contributed by atoms with van der Waals surface area (Å²) in [4.78, 5) is 6.18. The van der Waals surface area contributed by atoms with Gasteiger partial charge in [0.1, 0.15) is 5.75 Å². The number of halogens is 3. The molecule has 0 N–H and O–H groups in total. The van der Waals surface area contributed by atoms with Crippen LogP contribution in [0, 0.1) is 6.92 Å². The number of hydrogen-bond acceptors (Lipinski definition) is 3. The smallest absolute Gasteiger partial charge is 0.421 e. The van der Waals surface area contributed by atoms with Gasteiger partial charge in [-0.15, -0.1) is 0 Å². The monoisotopic (exact) mass is 330 g/mol. The molecule has 1 aromatic carbocycles. The first-order valence-corrected chi connectivity index (χ1v) is 7.39. The maximum atomic E-state index is 13.5. The number of aryl methyl sites for hydroxylation is 1. The van der Waals surface area contributed by atoms with E-state index in [4.69, 9.17) is 9.47 Å². The highest BCUT2D eigenvalue weighted by molar-refractivity contribution is 5.65. The summed E-state index contributed by atoms with van der Waals surface area (Å²) in [5, 5.41) is 0. The van der Waals surface area contributed by atoms with E-state index in [1.54, 1.807) is 13.3 Å². The first kappa shape index (κ1) is 17.6. The second-order valence-electron chi connectivity index (χ2n) is 5.58. The summed E-state index contributed by atoms with van der Waals surface area (Å²) in [5.74, 6) is 0.138. The Morgan fingerprint density at radius 1 is 1.43 bits per heavy atom. The molecule has 0 aromatic heterocycles. The summed E-state index contributed by atoms with van der Waals surface area (Å²) in [6.45, 7) is 4.57. The summed E-state index contributed by atoms with van der Waals surface area (Å²) in [5.41, 5.74) is -1.05. The zero-order chi connectivity index (χ0) is 17.3. The molecule has 1 saturated heterocycles. The highest BCUT2D eigenvalue weighted by Gasteiger charge is 2.62. The third kappa shape index (κ3) is 3.15. The Bertz CT molecular complexity index is 596.